The lowest BCUT2D eigenvalue weighted by molar-refractivity contribution is 0.0835. The molecule has 0 bridgehead atoms. The highest BCUT2D eigenvalue weighted by Gasteiger charge is 2.24. The van der Waals surface area contributed by atoms with E-state index in [-0.39, 0.29) is 6.10 Å². The van der Waals surface area contributed by atoms with Gasteiger partial charge in [0, 0.05) is 24.1 Å². The van der Waals surface area contributed by atoms with Gasteiger partial charge in [-0.1, -0.05) is 35.5 Å². The molecule has 1 saturated heterocycles. The SMILES string of the molecule is CN(Cc1csc(-c2ccccc2)n1)Cc1noc([C@H]2CCCO2)n1. The van der Waals surface area contributed by atoms with E-state index in [1.165, 1.54) is 0 Å². The Kier molecular flexibility index (Phi) is 4.87. The minimum atomic E-state index is -0.0291. The Morgan fingerprint density at radius 1 is 1.20 bits per heavy atom. The van der Waals surface area contributed by atoms with Crippen LogP contribution in [0.2, 0.25) is 0 Å². The van der Waals surface area contributed by atoms with Crippen LogP contribution in [-0.2, 0) is 17.8 Å². The van der Waals surface area contributed by atoms with Gasteiger partial charge in [0.05, 0.1) is 12.2 Å². The fourth-order valence-electron chi connectivity index (χ4n) is 2.90. The number of hydrogen-bond donors (Lipinski definition) is 0. The largest absolute Gasteiger partial charge is 0.368 e. The minimum Gasteiger partial charge on any atom is -0.368 e. The molecule has 1 fully saturated rings. The summed E-state index contributed by atoms with van der Waals surface area (Å²) in [6.07, 6.45) is 1.98. The van der Waals surface area contributed by atoms with Crippen molar-refractivity contribution < 1.29 is 9.26 Å². The average Bonchev–Trinajstić information content (AvgIpc) is 3.37. The van der Waals surface area contributed by atoms with Crippen LogP contribution >= 0.6 is 11.3 Å². The lowest BCUT2D eigenvalue weighted by Gasteiger charge is -2.12. The molecule has 130 valence electrons. The average molecular weight is 356 g/mol. The molecule has 1 atom stereocenters. The van der Waals surface area contributed by atoms with Gasteiger partial charge in [-0.2, -0.15) is 4.98 Å². The van der Waals surface area contributed by atoms with Gasteiger partial charge in [0.15, 0.2) is 5.82 Å². The number of aromatic nitrogens is 3. The third kappa shape index (κ3) is 3.95. The molecule has 0 spiro atoms. The van der Waals surface area contributed by atoms with Gasteiger partial charge in [0.1, 0.15) is 11.1 Å². The van der Waals surface area contributed by atoms with Crippen LogP contribution in [-0.4, -0.2) is 33.7 Å². The van der Waals surface area contributed by atoms with Crippen molar-refractivity contribution in [3.63, 3.8) is 0 Å². The summed E-state index contributed by atoms with van der Waals surface area (Å²) < 4.78 is 10.9. The van der Waals surface area contributed by atoms with Crippen LogP contribution in [0.15, 0.2) is 40.2 Å². The normalized spacial score (nSPS) is 17.4. The second-order valence-electron chi connectivity index (χ2n) is 6.23. The molecule has 0 saturated carbocycles. The van der Waals surface area contributed by atoms with E-state index in [0.29, 0.717) is 18.3 Å². The van der Waals surface area contributed by atoms with Crippen LogP contribution in [0.4, 0.5) is 0 Å². The second-order valence-corrected chi connectivity index (χ2v) is 7.09. The first-order valence-electron chi connectivity index (χ1n) is 8.40. The molecule has 0 amide bonds. The van der Waals surface area contributed by atoms with E-state index in [0.717, 1.165) is 42.3 Å². The van der Waals surface area contributed by atoms with E-state index in [9.17, 15) is 0 Å². The van der Waals surface area contributed by atoms with E-state index >= 15 is 0 Å². The van der Waals surface area contributed by atoms with Gasteiger partial charge in [0.25, 0.3) is 5.89 Å². The molecule has 0 N–H and O–H groups in total. The predicted octanol–water partition coefficient (Wildman–Crippen LogP) is 3.68. The molecular formula is C18H20N4O2S. The zero-order chi connectivity index (χ0) is 17.1. The minimum absolute atomic E-state index is 0.0291. The first-order valence-corrected chi connectivity index (χ1v) is 9.28. The maximum absolute atomic E-state index is 5.58. The van der Waals surface area contributed by atoms with E-state index in [2.05, 4.69) is 32.6 Å². The molecule has 25 heavy (non-hydrogen) atoms. The van der Waals surface area contributed by atoms with Gasteiger partial charge in [-0.25, -0.2) is 4.98 Å². The Hall–Kier alpha value is -2.09. The molecule has 0 unspecified atom stereocenters. The molecular weight excluding hydrogens is 336 g/mol. The Morgan fingerprint density at radius 2 is 2.08 bits per heavy atom. The maximum Gasteiger partial charge on any atom is 0.255 e. The summed E-state index contributed by atoms with van der Waals surface area (Å²) in [4.78, 5) is 11.3. The van der Waals surface area contributed by atoms with Crippen LogP contribution in [0.1, 0.15) is 36.4 Å². The molecule has 1 aliphatic heterocycles. The first-order chi connectivity index (χ1) is 12.3. The van der Waals surface area contributed by atoms with Crippen molar-refractivity contribution in [3.8, 4) is 10.6 Å². The van der Waals surface area contributed by atoms with E-state index in [1.54, 1.807) is 11.3 Å². The predicted molar refractivity (Wildman–Crippen MR) is 94.9 cm³/mol. The van der Waals surface area contributed by atoms with Crippen LogP contribution in [0.3, 0.4) is 0 Å². The van der Waals surface area contributed by atoms with Gasteiger partial charge < -0.3 is 9.26 Å². The molecule has 0 aliphatic carbocycles. The lowest BCUT2D eigenvalue weighted by Crippen LogP contribution is -2.18. The molecule has 1 aliphatic rings. The van der Waals surface area contributed by atoms with Crippen LogP contribution in [0.5, 0.6) is 0 Å². The van der Waals surface area contributed by atoms with Gasteiger partial charge in [0.2, 0.25) is 0 Å². The quantitative estimate of drug-likeness (QED) is 0.671. The van der Waals surface area contributed by atoms with Crippen LogP contribution in [0.25, 0.3) is 10.6 Å². The molecule has 1 aromatic carbocycles. The molecule has 6 nitrogen and oxygen atoms in total. The number of hydrogen-bond acceptors (Lipinski definition) is 7. The van der Waals surface area contributed by atoms with Crippen molar-refractivity contribution in [1.82, 2.24) is 20.0 Å². The summed E-state index contributed by atoms with van der Waals surface area (Å²) in [5.74, 6) is 1.28. The zero-order valence-corrected chi connectivity index (χ0v) is 14.9. The second kappa shape index (κ2) is 7.43. The molecule has 0 radical (unpaired) electrons. The van der Waals surface area contributed by atoms with Crippen molar-refractivity contribution in [2.75, 3.05) is 13.7 Å². The van der Waals surface area contributed by atoms with E-state index in [1.807, 2.05) is 25.2 Å². The number of nitrogens with zero attached hydrogens (tertiary/aromatic N) is 4. The fourth-order valence-corrected chi connectivity index (χ4v) is 3.72. The Labute approximate surface area is 150 Å². The number of benzene rings is 1. The maximum atomic E-state index is 5.58. The van der Waals surface area contributed by atoms with E-state index in [4.69, 9.17) is 14.2 Å². The van der Waals surface area contributed by atoms with Crippen molar-refractivity contribution in [3.05, 3.63) is 53.1 Å². The topological polar surface area (TPSA) is 64.3 Å². The van der Waals surface area contributed by atoms with Crippen LogP contribution < -0.4 is 0 Å². The van der Waals surface area contributed by atoms with Gasteiger partial charge in [-0.05, 0) is 19.9 Å². The van der Waals surface area contributed by atoms with Crippen molar-refractivity contribution >= 4 is 11.3 Å². The third-order valence-electron chi connectivity index (χ3n) is 4.10. The molecule has 7 heteroatoms. The molecule has 2 aromatic heterocycles. The summed E-state index contributed by atoms with van der Waals surface area (Å²) in [6, 6.07) is 10.2. The summed E-state index contributed by atoms with van der Waals surface area (Å²) in [6.45, 7) is 2.14. The standard InChI is InChI=1S/C18H20N4O2S/c1-22(11-16-20-17(24-21-16)15-8-5-9-23-15)10-14-12-25-18(19-14)13-6-3-2-4-7-13/h2-4,6-7,12,15H,5,8-11H2,1H3/t15-/m1/s1. The Bertz CT molecular complexity index is 811. The summed E-state index contributed by atoms with van der Waals surface area (Å²) >= 11 is 1.67. The molecule has 3 aromatic rings. The molecule has 4 rings (SSSR count). The monoisotopic (exact) mass is 356 g/mol. The Morgan fingerprint density at radius 3 is 2.88 bits per heavy atom. The highest BCUT2D eigenvalue weighted by Crippen LogP contribution is 2.27. The third-order valence-corrected chi connectivity index (χ3v) is 5.04. The first kappa shape index (κ1) is 16.4. The lowest BCUT2D eigenvalue weighted by atomic mass is 10.2. The van der Waals surface area contributed by atoms with Crippen molar-refractivity contribution in [2.45, 2.75) is 32.0 Å². The van der Waals surface area contributed by atoms with Crippen molar-refractivity contribution in [1.29, 1.82) is 0 Å². The Balaban J connectivity index is 1.36. The highest BCUT2D eigenvalue weighted by atomic mass is 32.1. The van der Waals surface area contributed by atoms with Gasteiger partial charge in [-0.15, -0.1) is 11.3 Å². The summed E-state index contributed by atoms with van der Waals surface area (Å²) in [7, 11) is 2.03. The zero-order valence-electron chi connectivity index (χ0n) is 14.1. The molecule has 3 heterocycles. The van der Waals surface area contributed by atoms with Gasteiger partial charge >= 0.3 is 0 Å². The number of thiazole rings is 1. The van der Waals surface area contributed by atoms with Gasteiger partial charge in [-0.3, -0.25) is 4.90 Å². The highest BCUT2D eigenvalue weighted by molar-refractivity contribution is 7.13. The van der Waals surface area contributed by atoms with E-state index < -0.39 is 0 Å². The smallest absolute Gasteiger partial charge is 0.255 e. The fraction of sp³-hybridized carbons (Fsp3) is 0.389. The number of rotatable bonds is 6. The van der Waals surface area contributed by atoms with Crippen LogP contribution in [0, 0.1) is 0 Å². The summed E-state index contributed by atoms with van der Waals surface area (Å²) in [5, 5.41) is 7.22. The number of ether oxygens (including phenoxy) is 1. The van der Waals surface area contributed by atoms with Crippen molar-refractivity contribution in [2.24, 2.45) is 0 Å². The summed E-state index contributed by atoms with van der Waals surface area (Å²) in [5.41, 5.74) is 2.20.